The first-order chi connectivity index (χ1) is 12.8. The van der Waals surface area contributed by atoms with Gasteiger partial charge in [-0.05, 0) is 30.7 Å². The van der Waals surface area contributed by atoms with Gasteiger partial charge in [-0.3, -0.25) is 4.79 Å². The molecule has 1 atom stereocenters. The number of carbonyl (C=O) groups is 2. The second kappa shape index (κ2) is 9.07. The van der Waals surface area contributed by atoms with Crippen LogP contribution in [0.25, 0.3) is 0 Å². The number of anilines is 1. The lowest BCUT2D eigenvalue weighted by Crippen LogP contribution is -2.31. The average Bonchev–Trinajstić information content (AvgIpc) is 2.64. The molecule has 0 aliphatic carbocycles. The topological polar surface area (TPSA) is 64.6 Å². The molecule has 0 aliphatic rings. The van der Waals surface area contributed by atoms with E-state index in [1.807, 2.05) is 0 Å². The second-order valence-corrected chi connectivity index (χ2v) is 5.53. The molecule has 1 N–H and O–H groups in total. The molecule has 8 heteroatoms. The highest BCUT2D eigenvalue weighted by molar-refractivity contribution is 5.93. The molecule has 0 unspecified atom stereocenters. The third-order valence-corrected chi connectivity index (χ3v) is 3.51. The predicted molar refractivity (Wildman–Crippen MR) is 92.2 cm³/mol. The van der Waals surface area contributed by atoms with E-state index < -0.39 is 42.0 Å². The lowest BCUT2D eigenvalue weighted by molar-refractivity contribution is -0.154. The fourth-order valence-corrected chi connectivity index (χ4v) is 2.22. The number of esters is 1. The van der Waals surface area contributed by atoms with Crippen molar-refractivity contribution in [1.29, 1.82) is 0 Å². The van der Waals surface area contributed by atoms with Crippen LogP contribution in [0.1, 0.15) is 18.9 Å². The molecule has 0 fully saturated rings. The summed E-state index contributed by atoms with van der Waals surface area (Å²) in [6, 6.07) is 13.1. The summed E-state index contributed by atoms with van der Waals surface area (Å²) in [6.07, 6.45) is -5.24. The number of amides is 1. The van der Waals surface area contributed by atoms with Crippen LogP contribution in [0.5, 0.6) is 5.75 Å². The molecular formula is C19H18F3NO4. The third kappa shape index (κ3) is 6.02. The van der Waals surface area contributed by atoms with Gasteiger partial charge in [0.05, 0.1) is 11.3 Å². The summed E-state index contributed by atoms with van der Waals surface area (Å²) in [4.78, 5) is 23.9. The SMILES string of the molecule is CC[C@@H](Oc1ccccc1)C(=O)OCC(=O)Nc1ccccc1C(F)(F)F. The van der Waals surface area contributed by atoms with Crippen LogP contribution in [-0.2, 0) is 20.5 Å². The monoisotopic (exact) mass is 381 g/mol. The maximum Gasteiger partial charge on any atom is 0.418 e. The lowest BCUT2D eigenvalue weighted by Gasteiger charge is -2.17. The number of rotatable bonds is 7. The number of para-hydroxylation sites is 2. The van der Waals surface area contributed by atoms with Crippen molar-refractivity contribution in [3.8, 4) is 5.75 Å². The molecule has 0 spiro atoms. The molecule has 0 saturated heterocycles. The van der Waals surface area contributed by atoms with Gasteiger partial charge in [0.15, 0.2) is 12.7 Å². The normalized spacial score (nSPS) is 12.1. The Labute approximate surface area is 154 Å². The van der Waals surface area contributed by atoms with Gasteiger partial charge >= 0.3 is 12.1 Å². The molecule has 0 bridgehead atoms. The molecule has 0 heterocycles. The van der Waals surface area contributed by atoms with Gasteiger partial charge in [0, 0.05) is 0 Å². The van der Waals surface area contributed by atoms with E-state index in [4.69, 9.17) is 9.47 Å². The van der Waals surface area contributed by atoms with Gasteiger partial charge in [-0.1, -0.05) is 37.3 Å². The number of alkyl halides is 3. The number of carbonyl (C=O) groups excluding carboxylic acids is 2. The van der Waals surface area contributed by atoms with Gasteiger partial charge in [-0.15, -0.1) is 0 Å². The Morgan fingerprint density at radius 2 is 1.67 bits per heavy atom. The van der Waals surface area contributed by atoms with Crippen LogP contribution in [0.4, 0.5) is 18.9 Å². The molecule has 2 aromatic carbocycles. The van der Waals surface area contributed by atoms with Crippen LogP contribution in [-0.4, -0.2) is 24.6 Å². The van der Waals surface area contributed by atoms with Crippen LogP contribution in [0.3, 0.4) is 0 Å². The maximum atomic E-state index is 12.9. The molecule has 0 saturated carbocycles. The van der Waals surface area contributed by atoms with Crippen molar-refractivity contribution in [2.45, 2.75) is 25.6 Å². The molecule has 0 aliphatic heterocycles. The minimum Gasteiger partial charge on any atom is -0.479 e. The van der Waals surface area contributed by atoms with Crippen molar-refractivity contribution in [3.05, 3.63) is 60.2 Å². The van der Waals surface area contributed by atoms with Crippen molar-refractivity contribution >= 4 is 17.6 Å². The standard InChI is InChI=1S/C19H18F3NO4/c1-2-16(27-13-8-4-3-5-9-13)18(25)26-12-17(24)23-15-11-7-6-10-14(15)19(20,21)22/h3-11,16H,2,12H2,1H3,(H,23,24)/t16-/m1/s1. The first kappa shape index (κ1) is 20.3. The Kier molecular flexibility index (Phi) is 6.81. The first-order valence-electron chi connectivity index (χ1n) is 8.15. The minimum absolute atomic E-state index is 0.298. The molecular weight excluding hydrogens is 363 g/mol. The Hall–Kier alpha value is -3.03. The minimum atomic E-state index is -4.61. The summed E-state index contributed by atoms with van der Waals surface area (Å²) >= 11 is 0. The van der Waals surface area contributed by atoms with E-state index in [0.29, 0.717) is 12.2 Å². The summed E-state index contributed by atoms with van der Waals surface area (Å²) < 4.78 is 49.1. The molecule has 0 aromatic heterocycles. The van der Waals surface area contributed by atoms with E-state index >= 15 is 0 Å². The molecule has 2 aromatic rings. The average molecular weight is 381 g/mol. The van der Waals surface area contributed by atoms with Crippen molar-refractivity contribution in [1.82, 2.24) is 0 Å². The number of ether oxygens (including phenoxy) is 2. The van der Waals surface area contributed by atoms with Gasteiger partial charge in [0.1, 0.15) is 5.75 Å². The van der Waals surface area contributed by atoms with E-state index in [-0.39, 0.29) is 0 Å². The second-order valence-electron chi connectivity index (χ2n) is 5.53. The first-order valence-corrected chi connectivity index (χ1v) is 8.15. The Morgan fingerprint density at radius 3 is 2.30 bits per heavy atom. The van der Waals surface area contributed by atoms with Crippen molar-refractivity contribution in [2.24, 2.45) is 0 Å². The van der Waals surface area contributed by atoms with E-state index in [1.54, 1.807) is 37.3 Å². The summed E-state index contributed by atoms with van der Waals surface area (Å²) in [7, 11) is 0. The Morgan fingerprint density at radius 1 is 1.04 bits per heavy atom. The third-order valence-electron chi connectivity index (χ3n) is 3.51. The van der Waals surface area contributed by atoms with E-state index in [0.717, 1.165) is 12.1 Å². The highest BCUT2D eigenvalue weighted by Crippen LogP contribution is 2.34. The predicted octanol–water partition coefficient (Wildman–Crippen LogP) is 4.04. The summed E-state index contributed by atoms with van der Waals surface area (Å²) in [6.45, 7) is 0.980. The number of halogens is 3. The maximum absolute atomic E-state index is 12.9. The van der Waals surface area contributed by atoms with Crippen LogP contribution in [0, 0.1) is 0 Å². The van der Waals surface area contributed by atoms with Crippen LogP contribution in [0.15, 0.2) is 54.6 Å². The molecule has 1 amide bonds. The van der Waals surface area contributed by atoms with Gasteiger partial charge < -0.3 is 14.8 Å². The zero-order valence-electron chi connectivity index (χ0n) is 14.5. The zero-order chi connectivity index (χ0) is 19.9. The fourth-order valence-electron chi connectivity index (χ4n) is 2.22. The molecule has 144 valence electrons. The molecule has 0 radical (unpaired) electrons. The quantitative estimate of drug-likeness (QED) is 0.735. The highest BCUT2D eigenvalue weighted by atomic mass is 19.4. The number of benzene rings is 2. The number of hydrogen-bond donors (Lipinski definition) is 1. The molecule has 5 nitrogen and oxygen atoms in total. The smallest absolute Gasteiger partial charge is 0.418 e. The van der Waals surface area contributed by atoms with Gasteiger partial charge in [-0.2, -0.15) is 13.2 Å². The largest absolute Gasteiger partial charge is 0.479 e. The van der Waals surface area contributed by atoms with Gasteiger partial charge in [-0.25, -0.2) is 4.79 Å². The van der Waals surface area contributed by atoms with Crippen LogP contribution < -0.4 is 10.1 Å². The molecule has 27 heavy (non-hydrogen) atoms. The Balaban J connectivity index is 1.92. The molecule has 2 rings (SSSR count). The van der Waals surface area contributed by atoms with Crippen molar-refractivity contribution in [2.75, 3.05) is 11.9 Å². The van der Waals surface area contributed by atoms with Crippen LogP contribution >= 0.6 is 0 Å². The number of nitrogens with one attached hydrogen (secondary N) is 1. The van der Waals surface area contributed by atoms with Crippen molar-refractivity contribution < 1.29 is 32.2 Å². The van der Waals surface area contributed by atoms with E-state index in [2.05, 4.69) is 5.32 Å². The van der Waals surface area contributed by atoms with Crippen molar-refractivity contribution in [3.63, 3.8) is 0 Å². The summed E-state index contributed by atoms with van der Waals surface area (Å²) in [5.74, 6) is -1.19. The van der Waals surface area contributed by atoms with E-state index in [9.17, 15) is 22.8 Å². The fraction of sp³-hybridized carbons (Fsp3) is 0.263. The zero-order valence-corrected chi connectivity index (χ0v) is 14.5. The van der Waals surface area contributed by atoms with Gasteiger partial charge in [0.2, 0.25) is 0 Å². The summed E-state index contributed by atoms with van der Waals surface area (Å²) in [5, 5.41) is 2.10. The highest BCUT2D eigenvalue weighted by Gasteiger charge is 2.33. The van der Waals surface area contributed by atoms with Gasteiger partial charge in [0.25, 0.3) is 5.91 Å². The summed E-state index contributed by atoms with van der Waals surface area (Å²) in [5.41, 5.74) is -1.39. The van der Waals surface area contributed by atoms with E-state index in [1.165, 1.54) is 12.1 Å². The Bertz CT molecular complexity index is 778. The van der Waals surface area contributed by atoms with Crippen LogP contribution in [0.2, 0.25) is 0 Å². The number of hydrogen-bond acceptors (Lipinski definition) is 4. The lowest BCUT2D eigenvalue weighted by atomic mass is 10.1.